The number of aliphatic carboxylic acids is 1. The molecule has 2 amide bonds. The van der Waals surface area contributed by atoms with Crippen LogP contribution in [0.3, 0.4) is 0 Å². The van der Waals surface area contributed by atoms with Gasteiger partial charge in [0.15, 0.2) is 10.8 Å². The number of fused-ring (bicyclic) bond motifs is 1. The molecule has 14 heteroatoms. The molecule has 12 nitrogen and oxygen atoms in total. The number of anilines is 1. The number of thiazole rings is 1. The molecule has 3 rings (SSSR count). The molecule has 34 heavy (non-hydrogen) atoms. The standard InChI is InChI=1S/C20H23N5O7S2/c1-5-9-6-33-16-12(15(27)25(16)13(9)17(28)29)23-14(26)11(10-7-34-19(21)22-10)24-32-8-31-18(30)20(2,3)4/h5,7,12,16H,1,6,8H2,2-4H3,(H2,21,22)(H,23,26)(H,28,29)/b24-11+/t12-,16-/m1/s1. The first-order valence-corrected chi connectivity index (χ1v) is 11.8. The summed E-state index contributed by atoms with van der Waals surface area (Å²) in [6.45, 7) is 8.05. The van der Waals surface area contributed by atoms with Crippen molar-refractivity contribution in [2.24, 2.45) is 10.6 Å². The van der Waals surface area contributed by atoms with Crippen molar-refractivity contribution in [1.82, 2.24) is 15.2 Å². The number of aromatic nitrogens is 1. The SMILES string of the molecule is C=CC1=C(C(=O)O)N2C(=O)[C@@H](NC(=O)/C(=N/OCOC(=O)C(C)(C)C)c3csc(N)n3)[C@H]2SC1. The Hall–Kier alpha value is -3.39. The predicted octanol–water partition coefficient (Wildman–Crippen LogP) is 0.917. The van der Waals surface area contributed by atoms with Gasteiger partial charge in [0.2, 0.25) is 0 Å². The van der Waals surface area contributed by atoms with E-state index in [0.717, 1.165) is 16.2 Å². The molecule has 0 unspecified atom stereocenters. The van der Waals surface area contributed by atoms with Crippen LogP contribution in [0.1, 0.15) is 26.5 Å². The van der Waals surface area contributed by atoms with Crippen molar-refractivity contribution in [2.45, 2.75) is 32.2 Å². The summed E-state index contributed by atoms with van der Waals surface area (Å²) < 4.78 is 4.96. The van der Waals surface area contributed by atoms with E-state index in [1.165, 1.54) is 23.2 Å². The van der Waals surface area contributed by atoms with Crippen molar-refractivity contribution in [3.05, 3.63) is 35.0 Å². The molecule has 2 atom stereocenters. The second-order valence-electron chi connectivity index (χ2n) is 8.18. The summed E-state index contributed by atoms with van der Waals surface area (Å²) >= 11 is 2.36. The number of oxime groups is 1. The van der Waals surface area contributed by atoms with Crippen molar-refractivity contribution >= 4 is 57.7 Å². The van der Waals surface area contributed by atoms with Crippen LogP contribution in [0.15, 0.2) is 34.5 Å². The number of carboxylic acids is 1. The fraction of sp³-hybridized carbons (Fsp3) is 0.400. The highest BCUT2D eigenvalue weighted by Gasteiger charge is 2.54. The number of thioether (sulfide) groups is 1. The summed E-state index contributed by atoms with van der Waals surface area (Å²) in [5.41, 5.74) is 4.99. The lowest BCUT2D eigenvalue weighted by molar-refractivity contribution is -0.165. The third kappa shape index (κ3) is 5.07. The number of β-lactam (4-membered cyclic amide) rings is 1. The van der Waals surface area contributed by atoms with Gasteiger partial charge in [-0.1, -0.05) is 17.8 Å². The maximum atomic E-state index is 13.0. The second-order valence-corrected chi connectivity index (χ2v) is 10.2. The first kappa shape index (κ1) is 25.2. The van der Waals surface area contributed by atoms with E-state index in [1.807, 2.05) is 0 Å². The number of esters is 1. The van der Waals surface area contributed by atoms with Crippen molar-refractivity contribution in [3.63, 3.8) is 0 Å². The number of carbonyl (C=O) groups excluding carboxylic acids is 3. The topological polar surface area (TPSA) is 174 Å². The number of carboxylic acid groups (broad SMARTS) is 1. The van der Waals surface area contributed by atoms with Gasteiger partial charge in [-0.2, -0.15) is 0 Å². The number of nitrogens with zero attached hydrogens (tertiary/aromatic N) is 3. The molecule has 2 aliphatic heterocycles. The maximum Gasteiger partial charge on any atom is 0.352 e. The van der Waals surface area contributed by atoms with Gasteiger partial charge in [0, 0.05) is 11.1 Å². The molecule has 0 bridgehead atoms. The number of allylic oxidation sites excluding steroid dienone is 1. The van der Waals surface area contributed by atoms with Crippen LogP contribution in [0.5, 0.6) is 0 Å². The summed E-state index contributed by atoms with van der Waals surface area (Å²) in [6.07, 6.45) is 1.40. The van der Waals surface area contributed by atoms with Crippen LogP contribution in [0.4, 0.5) is 5.13 Å². The molecule has 0 spiro atoms. The number of nitrogens with one attached hydrogen (secondary N) is 1. The lowest BCUT2D eigenvalue weighted by atomic mass is 9.98. The number of hydrogen-bond acceptors (Lipinski definition) is 11. The number of rotatable bonds is 8. The molecule has 1 fully saturated rings. The highest BCUT2D eigenvalue weighted by molar-refractivity contribution is 8.00. The average molecular weight is 510 g/mol. The van der Waals surface area contributed by atoms with Crippen LogP contribution in [-0.4, -0.2) is 68.4 Å². The van der Waals surface area contributed by atoms with Crippen molar-refractivity contribution in [2.75, 3.05) is 18.3 Å². The third-order valence-electron chi connectivity index (χ3n) is 4.72. The Bertz CT molecular complexity index is 1110. The van der Waals surface area contributed by atoms with E-state index < -0.39 is 47.4 Å². The Kier molecular flexibility index (Phi) is 7.31. The summed E-state index contributed by atoms with van der Waals surface area (Å²) in [5.74, 6) is -2.84. The number of hydrogen-bond donors (Lipinski definition) is 3. The van der Waals surface area contributed by atoms with E-state index in [4.69, 9.17) is 15.3 Å². The fourth-order valence-corrected chi connectivity index (χ4v) is 4.89. The Morgan fingerprint density at radius 3 is 2.71 bits per heavy atom. The normalized spacial score (nSPS) is 20.3. The molecule has 1 aromatic rings. The minimum Gasteiger partial charge on any atom is -0.477 e. The molecule has 0 aliphatic carbocycles. The molecule has 2 aliphatic rings. The predicted molar refractivity (Wildman–Crippen MR) is 124 cm³/mol. The van der Waals surface area contributed by atoms with Crippen LogP contribution in [0.25, 0.3) is 0 Å². The molecular formula is C20H23N5O7S2. The molecule has 0 saturated carbocycles. The number of nitrogen functional groups attached to an aromatic ring is 1. The highest BCUT2D eigenvalue weighted by atomic mass is 32.2. The first-order valence-electron chi connectivity index (χ1n) is 9.88. The molecule has 1 aromatic heterocycles. The van der Waals surface area contributed by atoms with Crippen LogP contribution in [0.2, 0.25) is 0 Å². The average Bonchev–Trinajstić information content (AvgIpc) is 3.20. The van der Waals surface area contributed by atoms with Gasteiger partial charge in [0.05, 0.1) is 5.41 Å². The Labute approximate surface area is 202 Å². The van der Waals surface area contributed by atoms with Gasteiger partial charge in [-0.15, -0.1) is 23.1 Å². The van der Waals surface area contributed by atoms with Crippen molar-refractivity contribution in [3.8, 4) is 0 Å². The zero-order valence-corrected chi connectivity index (χ0v) is 20.2. The lowest BCUT2D eigenvalue weighted by Gasteiger charge is -2.49. The van der Waals surface area contributed by atoms with Crippen LogP contribution in [-0.2, 0) is 28.8 Å². The van der Waals surface area contributed by atoms with E-state index in [2.05, 4.69) is 22.0 Å². The Balaban J connectivity index is 1.74. The number of amides is 2. The van der Waals surface area contributed by atoms with Crippen LogP contribution in [0, 0.1) is 5.41 Å². The molecule has 4 N–H and O–H groups in total. The molecule has 182 valence electrons. The first-order chi connectivity index (χ1) is 16.0. The zero-order valence-electron chi connectivity index (χ0n) is 18.6. The number of carbonyl (C=O) groups is 4. The minimum atomic E-state index is -1.25. The summed E-state index contributed by atoms with van der Waals surface area (Å²) in [6, 6.07) is -0.988. The maximum absolute atomic E-state index is 13.0. The minimum absolute atomic E-state index is 0.0992. The van der Waals surface area contributed by atoms with Crippen LogP contribution >= 0.6 is 23.1 Å². The van der Waals surface area contributed by atoms with Gasteiger partial charge in [-0.05, 0) is 26.3 Å². The van der Waals surface area contributed by atoms with Crippen molar-refractivity contribution < 1.29 is 33.9 Å². The largest absolute Gasteiger partial charge is 0.477 e. The van der Waals surface area contributed by atoms with Gasteiger partial charge in [-0.3, -0.25) is 19.3 Å². The third-order valence-corrected chi connectivity index (χ3v) is 6.70. The number of nitrogens with two attached hydrogens (primary N) is 1. The molecule has 0 radical (unpaired) electrons. The molecular weight excluding hydrogens is 486 g/mol. The quantitative estimate of drug-likeness (QED) is 0.114. The molecule has 0 aromatic carbocycles. The van der Waals surface area contributed by atoms with Gasteiger partial charge >= 0.3 is 11.9 Å². The van der Waals surface area contributed by atoms with Crippen molar-refractivity contribution in [1.29, 1.82) is 0 Å². The van der Waals surface area contributed by atoms with Gasteiger partial charge in [-0.25, -0.2) is 9.78 Å². The van der Waals surface area contributed by atoms with Crippen LogP contribution < -0.4 is 11.1 Å². The van der Waals surface area contributed by atoms with E-state index in [9.17, 15) is 24.3 Å². The summed E-state index contributed by atoms with van der Waals surface area (Å²) in [4.78, 5) is 59.3. The van der Waals surface area contributed by atoms with E-state index in [0.29, 0.717) is 11.3 Å². The van der Waals surface area contributed by atoms with Gasteiger partial charge < -0.3 is 25.7 Å². The zero-order chi connectivity index (χ0) is 25.2. The number of ether oxygens (including phenoxy) is 1. The lowest BCUT2D eigenvalue weighted by Crippen LogP contribution is -2.71. The second kappa shape index (κ2) is 9.85. The Morgan fingerprint density at radius 1 is 1.44 bits per heavy atom. The smallest absolute Gasteiger partial charge is 0.352 e. The van der Waals surface area contributed by atoms with Gasteiger partial charge in [0.25, 0.3) is 18.6 Å². The Morgan fingerprint density at radius 2 is 2.15 bits per heavy atom. The van der Waals surface area contributed by atoms with Gasteiger partial charge in [0.1, 0.15) is 22.8 Å². The monoisotopic (exact) mass is 509 g/mol. The highest BCUT2D eigenvalue weighted by Crippen LogP contribution is 2.40. The van der Waals surface area contributed by atoms with E-state index >= 15 is 0 Å². The summed E-state index contributed by atoms with van der Waals surface area (Å²) in [7, 11) is 0. The molecule has 3 heterocycles. The van der Waals surface area contributed by atoms with E-state index in [1.54, 1.807) is 20.8 Å². The molecule has 1 saturated heterocycles. The van der Waals surface area contributed by atoms with E-state index in [-0.39, 0.29) is 22.2 Å². The summed E-state index contributed by atoms with van der Waals surface area (Å²) in [5, 5.41) is 16.8. The fourth-order valence-electron chi connectivity index (χ4n) is 3.00.